The lowest BCUT2D eigenvalue weighted by molar-refractivity contribution is -0.145. The molecule has 31 heavy (non-hydrogen) atoms. The van der Waals surface area contributed by atoms with E-state index in [-0.39, 0.29) is 26.0 Å². The van der Waals surface area contributed by atoms with Gasteiger partial charge in [-0.25, -0.2) is 9.59 Å². The summed E-state index contributed by atoms with van der Waals surface area (Å²) in [7, 11) is 1.23. The number of amides is 2. The fraction of sp³-hybridized carbons (Fsp3) is 0.318. The lowest BCUT2D eigenvalue weighted by Crippen LogP contribution is -2.45. The normalized spacial score (nSPS) is 12.4. The third kappa shape index (κ3) is 9.06. The Morgan fingerprint density at radius 1 is 1.03 bits per heavy atom. The SMILES string of the molecule is COC(=O)[C@@H](Cc1ccc(Cl)cc1)NC(=O)C[C@@H](O)CNC(=O)OCc1ccccc1. The van der Waals surface area contributed by atoms with Gasteiger partial charge in [-0.1, -0.05) is 54.1 Å². The van der Waals surface area contributed by atoms with E-state index in [0.29, 0.717) is 5.02 Å². The van der Waals surface area contributed by atoms with E-state index in [0.717, 1.165) is 11.1 Å². The number of aliphatic hydroxyl groups excluding tert-OH is 1. The van der Waals surface area contributed by atoms with Gasteiger partial charge in [-0.2, -0.15) is 0 Å². The molecule has 0 aromatic heterocycles. The van der Waals surface area contributed by atoms with Gasteiger partial charge in [0.1, 0.15) is 12.6 Å². The van der Waals surface area contributed by atoms with E-state index in [1.807, 2.05) is 30.3 Å². The Morgan fingerprint density at radius 2 is 1.71 bits per heavy atom. The summed E-state index contributed by atoms with van der Waals surface area (Å²) >= 11 is 5.85. The molecule has 0 bridgehead atoms. The van der Waals surface area contributed by atoms with E-state index in [4.69, 9.17) is 21.1 Å². The average molecular weight is 449 g/mol. The molecule has 0 saturated heterocycles. The van der Waals surface area contributed by atoms with Crippen LogP contribution in [0.2, 0.25) is 5.02 Å². The number of aliphatic hydroxyl groups is 1. The highest BCUT2D eigenvalue weighted by Gasteiger charge is 2.23. The van der Waals surface area contributed by atoms with Crippen molar-refractivity contribution in [2.45, 2.75) is 31.6 Å². The molecule has 3 N–H and O–H groups in total. The van der Waals surface area contributed by atoms with Gasteiger partial charge in [0.2, 0.25) is 5.91 Å². The van der Waals surface area contributed by atoms with Crippen LogP contribution in [0.15, 0.2) is 54.6 Å². The first kappa shape index (κ1) is 24.2. The van der Waals surface area contributed by atoms with Gasteiger partial charge in [-0.3, -0.25) is 4.79 Å². The molecule has 2 amide bonds. The lowest BCUT2D eigenvalue weighted by atomic mass is 10.1. The monoisotopic (exact) mass is 448 g/mol. The van der Waals surface area contributed by atoms with Gasteiger partial charge in [-0.15, -0.1) is 0 Å². The Morgan fingerprint density at radius 3 is 2.35 bits per heavy atom. The zero-order valence-corrected chi connectivity index (χ0v) is 17.8. The number of esters is 1. The minimum absolute atomic E-state index is 0.0920. The van der Waals surface area contributed by atoms with Crippen LogP contribution < -0.4 is 10.6 Å². The molecule has 0 aliphatic rings. The highest BCUT2D eigenvalue weighted by molar-refractivity contribution is 6.30. The van der Waals surface area contributed by atoms with Crippen LogP contribution in [-0.4, -0.2) is 48.9 Å². The summed E-state index contributed by atoms with van der Waals surface area (Å²) in [4.78, 5) is 36.0. The molecular formula is C22H25ClN2O6. The second-order valence-electron chi connectivity index (χ2n) is 6.77. The standard InChI is InChI=1S/C22H25ClN2O6/c1-30-21(28)19(11-15-7-9-17(23)10-8-15)25-20(27)12-18(26)13-24-22(29)31-14-16-5-3-2-4-6-16/h2-10,18-19,26H,11-14H2,1H3,(H,24,29)(H,25,27)/t18-,19-/m1/s1. The molecule has 2 aromatic rings. The highest BCUT2D eigenvalue weighted by Crippen LogP contribution is 2.12. The molecule has 0 aliphatic heterocycles. The van der Waals surface area contributed by atoms with E-state index < -0.39 is 30.1 Å². The Balaban J connectivity index is 1.76. The molecule has 0 fully saturated rings. The summed E-state index contributed by atoms with van der Waals surface area (Å²) < 4.78 is 9.78. The average Bonchev–Trinajstić information content (AvgIpc) is 2.77. The van der Waals surface area contributed by atoms with Crippen molar-refractivity contribution in [3.8, 4) is 0 Å². The number of hydrogen-bond donors (Lipinski definition) is 3. The fourth-order valence-electron chi connectivity index (χ4n) is 2.71. The van der Waals surface area contributed by atoms with Crippen molar-refractivity contribution in [3.63, 3.8) is 0 Å². The number of nitrogens with one attached hydrogen (secondary N) is 2. The molecular weight excluding hydrogens is 424 g/mol. The topological polar surface area (TPSA) is 114 Å². The Kier molecular flexibility index (Phi) is 9.80. The van der Waals surface area contributed by atoms with Crippen LogP contribution in [0.3, 0.4) is 0 Å². The maximum Gasteiger partial charge on any atom is 0.407 e. The number of rotatable bonds is 10. The fourth-order valence-corrected chi connectivity index (χ4v) is 2.83. The highest BCUT2D eigenvalue weighted by atomic mass is 35.5. The smallest absolute Gasteiger partial charge is 0.407 e. The quantitative estimate of drug-likeness (QED) is 0.480. The number of hydrogen-bond acceptors (Lipinski definition) is 6. The third-order valence-electron chi connectivity index (χ3n) is 4.29. The van der Waals surface area contributed by atoms with Crippen molar-refractivity contribution < 1.29 is 29.0 Å². The predicted molar refractivity (Wildman–Crippen MR) is 114 cm³/mol. The van der Waals surface area contributed by atoms with Gasteiger partial charge in [0.15, 0.2) is 0 Å². The summed E-state index contributed by atoms with van der Waals surface area (Å²) in [6, 6.07) is 15.1. The van der Waals surface area contributed by atoms with E-state index in [9.17, 15) is 19.5 Å². The number of carbonyl (C=O) groups is 3. The second-order valence-corrected chi connectivity index (χ2v) is 7.21. The first-order valence-corrected chi connectivity index (χ1v) is 9.99. The first-order valence-electron chi connectivity index (χ1n) is 9.61. The van der Waals surface area contributed by atoms with Crippen molar-refractivity contribution >= 4 is 29.6 Å². The van der Waals surface area contributed by atoms with Crippen LogP contribution in [0.5, 0.6) is 0 Å². The molecule has 0 unspecified atom stereocenters. The molecule has 0 radical (unpaired) electrons. The Hall–Kier alpha value is -3.10. The van der Waals surface area contributed by atoms with Gasteiger partial charge >= 0.3 is 12.1 Å². The molecule has 166 valence electrons. The molecule has 0 aliphatic carbocycles. The van der Waals surface area contributed by atoms with Crippen molar-refractivity contribution in [2.24, 2.45) is 0 Å². The van der Waals surface area contributed by atoms with Gasteiger partial charge in [0.05, 0.1) is 19.6 Å². The summed E-state index contributed by atoms with van der Waals surface area (Å²) in [6.45, 7) is -0.0874. The Bertz CT molecular complexity index is 860. The summed E-state index contributed by atoms with van der Waals surface area (Å²) in [5, 5.41) is 15.5. The van der Waals surface area contributed by atoms with Crippen LogP contribution in [-0.2, 0) is 32.1 Å². The van der Waals surface area contributed by atoms with Gasteiger partial charge in [0, 0.05) is 18.0 Å². The summed E-state index contributed by atoms with van der Waals surface area (Å²) in [5.41, 5.74) is 1.61. The summed E-state index contributed by atoms with van der Waals surface area (Å²) in [6.07, 6.45) is -1.97. The van der Waals surface area contributed by atoms with Gasteiger partial charge < -0.3 is 25.2 Å². The third-order valence-corrected chi connectivity index (χ3v) is 4.54. The van der Waals surface area contributed by atoms with Crippen LogP contribution in [0.1, 0.15) is 17.5 Å². The van der Waals surface area contributed by atoms with E-state index in [2.05, 4.69) is 10.6 Å². The maximum atomic E-state index is 12.2. The molecule has 0 spiro atoms. The Labute approximate surface area is 185 Å². The predicted octanol–water partition coefficient (Wildman–Crippen LogP) is 2.22. The van der Waals surface area contributed by atoms with E-state index in [1.54, 1.807) is 24.3 Å². The van der Waals surface area contributed by atoms with Crippen LogP contribution in [0.25, 0.3) is 0 Å². The van der Waals surface area contributed by atoms with Crippen molar-refractivity contribution in [3.05, 3.63) is 70.7 Å². The molecule has 8 nitrogen and oxygen atoms in total. The molecule has 9 heteroatoms. The number of halogens is 1. The van der Waals surface area contributed by atoms with E-state index >= 15 is 0 Å². The van der Waals surface area contributed by atoms with Crippen LogP contribution in [0.4, 0.5) is 4.79 Å². The second kappa shape index (κ2) is 12.6. The summed E-state index contributed by atoms with van der Waals surface area (Å²) in [5.74, 6) is -1.17. The van der Waals surface area contributed by atoms with Gasteiger partial charge in [0.25, 0.3) is 0 Å². The van der Waals surface area contributed by atoms with Crippen molar-refractivity contribution in [1.82, 2.24) is 10.6 Å². The molecule has 2 atom stereocenters. The van der Waals surface area contributed by atoms with E-state index in [1.165, 1.54) is 7.11 Å². The number of ether oxygens (including phenoxy) is 2. The maximum absolute atomic E-state index is 12.2. The first-order chi connectivity index (χ1) is 14.9. The zero-order valence-electron chi connectivity index (χ0n) is 17.0. The minimum Gasteiger partial charge on any atom is -0.467 e. The van der Waals surface area contributed by atoms with Gasteiger partial charge in [-0.05, 0) is 23.3 Å². The number of carbonyl (C=O) groups excluding carboxylic acids is 3. The van der Waals surface area contributed by atoms with Crippen LogP contribution in [0, 0.1) is 0 Å². The number of benzene rings is 2. The lowest BCUT2D eigenvalue weighted by Gasteiger charge is -2.18. The molecule has 2 rings (SSSR count). The molecule has 0 heterocycles. The zero-order chi connectivity index (χ0) is 22.6. The van der Waals surface area contributed by atoms with Crippen molar-refractivity contribution in [1.29, 1.82) is 0 Å². The van der Waals surface area contributed by atoms with Crippen LogP contribution >= 0.6 is 11.6 Å². The number of alkyl carbamates (subject to hydrolysis) is 1. The molecule has 0 saturated carbocycles. The molecule has 2 aromatic carbocycles. The largest absolute Gasteiger partial charge is 0.467 e. The minimum atomic E-state index is -1.15. The van der Waals surface area contributed by atoms with Crippen molar-refractivity contribution in [2.75, 3.05) is 13.7 Å². The number of methoxy groups -OCH3 is 1.